The normalized spacial score (nSPS) is 11.2. The molecule has 3 aromatic rings. The van der Waals surface area contributed by atoms with Gasteiger partial charge in [-0.25, -0.2) is 0 Å². The average Bonchev–Trinajstić information content (AvgIpc) is 3.09. The largest absolute Gasteiger partial charge is 0.433 e. The molecule has 132 valence electrons. The molecule has 0 saturated carbocycles. The SMILES string of the molecule is O=C(Cc1ccccc1/C=C/c1ccccc1)c1sccc1OC(F)F. The van der Waals surface area contributed by atoms with Crippen LogP contribution in [0.1, 0.15) is 26.4 Å². The number of hydrogen-bond donors (Lipinski definition) is 0. The van der Waals surface area contributed by atoms with Gasteiger partial charge in [0.05, 0.1) is 0 Å². The Kier molecular flexibility index (Phi) is 5.92. The molecule has 0 unspecified atom stereocenters. The number of Topliss-reactive ketones (excluding diaryl/α,β-unsaturated/α-hetero) is 1. The van der Waals surface area contributed by atoms with Crippen LogP contribution in [0.5, 0.6) is 5.75 Å². The van der Waals surface area contributed by atoms with E-state index in [4.69, 9.17) is 0 Å². The second-order valence-electron chi connectivity index (χ2n) is 5.54. The molecule has 3 rings (SSSR count). The van der Waals surface area contributed by atoms with E-state index in [9.17, 15) is 13.6 Å². The van der Waals surface area contributed by atoms with E-state index in [1.54, 1.807) is 5.38 Å². The molecule has 0 aliphatic carbocycles. The van der Waals surface area contributed by atoms with Gasteiger partial charge in [0.1, 0.15) is 10.6 Å². The van der Waals surface area contributed by atoms with Crippen molar-refractivity contribution in [2.75, 3.05) is 0 Å². The van der Waals surface area contributed by atoms with Gasteiger partial charge < -0.3 is 4.74 Å². The topological polar surface area (TPSA) is 26.3 Å². The first kappa shape index (κ1) is 18.0. The zero-order chi connectivity index (χ0) is 18.4. The van der Waals surface area contributed by atoms with E-state index in [0.29, 0.717) is 0 Å². The van der Waals surface area contributed by atoms with Crippen LogP contribution in [-0.4, -0.2) is 12.4 Å². The number of halogens is 2. The van der Waals surface area contributed by atoms with Gasteiger partial charge in [-0.05, 0) is 28.1 Å². The number of carbonyl (C=O) groups is 1. The van der Waals surface area contributed by atoms with Crippen molar-refractivity contribution in [3.05, 3.63) is 87.6 Å². The lowest BCUT2D eigenvalue weighted by Gasteiger charge is -2.07. The molecular formula is C21H16F2O2S. The third-order valence-corrected chi connectivity index (χ3v) is 4.70. The zero-order valence-corrected chi connectivity index (χ0v) is 14.6. The summed E-state index contributed by atoms with van der Waals surface area (Å²) in [6.07, 6.45) is 4.04. The standard InChI is InChI=1S/C21H16F2O2S/c22-21(23)25-19-12-13-26-20(19)18(24)14-17-9-5-4-8-16(17)11-10-15-6-2-1-3-7-15/h1-13,21H,14H2/b11-10+. The quantitative estimate of drug-likeness (QED) is 0.380. The summed E-state index contributed by atoms with van der Waals surface area (Å²) in [5, 5.41) is 1.58. The minimum atomic E-state index is -2.95. The number of rotatable bonds is 7. The van der Waals surface area contributed by atoms with Crippen LogP contribution >= 0.6 is 11.3 Å². The van der Waals surface area contributed by atoms with E-state index in [-0.39, 0.29) is 22.8 Å². The summed E-state index contributed by atoms with van der Waals surface area (Å²) < 4.78 is 29.3. The minimum Gasteiger partial charge on any atom is -0.433 e. The molecule has 0 spiro atoms. The summed E-state index contributed by atoms with van der Waals surface area (Å²) in [6, 6.07) is 18.8. The summed E-state index contributed by atoms with van der Waals surface area (Å²) in [4.78, 5) is 12.8. The summed E-state index contributed by atoms with van der Waals surface area (Å²) in [6.45, 7) is -2.95. The molecule has 0 saturated heterocycles. The van der Waals surface area contributed by atoms with Gasteiger partial charge in [0.25, 0.3) is 0 Å². The predicted octanol–water partition coefficient (Wildman–Crippen LogP) is 5.95. The lowest BCUT2D eigenvalue weighted by Crippen LogP contribution is -2.08. The average molecular weight is 370 g/mol. The monoisotopic (exact) mass is 370 g/mol. The van der Waals surface area contributed by atoms with Crippen LogP contribution in [0.4, 0.5) is 8.78 Å². The van der Waals surface area contributed by atoms with Crippen molar-refractivity contribution >= 4 is 29.3 Å². The van der Waals surface area contributed by atoms with E-state index < -0.39 is 6.61 Å². The van der Waals surface area contributed by atoms with Gasteiger partial charge in [0, 0.05) is 6.42 Å². The molecule has 0 N–H and O–H groups in total. The minimum absolute atomic E-state index is 0.0627. The number of thiophene rings is 1. The summed E-state index contributed by atoms with van der Waals surface area (Å²) in [5.74, 6) is -0.302. The van der Waals surface area contributed by atoms with Crippen molar-refractivity contribution in [1.29, 1.82) is 0 Å². The molecule has 0 aliphatic heterocycles. The van der Waals surface area contributed by atoms with Gasteiger partial charge in [-0.2, -0.15) is 8.78 Å². The number of alkyl halides is 2. The van der Waals surface area contributed by atoms with Gasteiger partial charge >= 0.3 is 6.61 Å². The van der Waals surface area contributed by atoms with Crippen LogP contribution in [0.25, 0.3) is 12.2 Å². The van der Waals surface area contributed by atoms with E-state index in [2.05, 4.69) is 4.74 Å². The number of hydrogen-bond acceptors (Lipinski definition) is 3. The highest BCUT2D eigenvalue weighted by molar-refractivity contribution is 7.12. The second-order valence-corrected chi connectivity index (χ2v) is 6.45. The molecule has 1 aromatic heterocycles. The Morgan fingerprint density at radius 2 is 1.73 bits per heavy atom. The van der Waals surface area contributed by atoms with Crippen LogP contribution in [0, 0.1) is 0 Å². The molecule has 0 fully saturated rings. The van der Waals surface area contributed by atoms with E-state index in [1.807, 2.05) is 66.7 Å². The highest BCUT2D eigenvalue weighted by atomic mass is 32.1. The molecule has 2 nitrogen and oxygen atoms in total. The van der Waals surface area contributed by atoms with Gasteiger partial charge in [-0.15, -0.1) is 11.3 Å². The first-order valence-corrected chi connectivity index (χ1v) is 8.88. The number of benzene rings is 2. The highest BCUT2D eigenvalue weighted by Gasteiger charge is 2.18. The molecule has 26 heavy (non-hydrogen) atoms. The first-order chi connectivity index (χ1) is 12.6. The third kappa shape index (κ3) is 4.64. The van der Waals surface area contributed by atoms with Gasteiger partial charge in [-0.1, -0.05) is 66.7 Å². The molecule has 0 atom stereocenters. The maximum absolute atomic E-state index is 12.6. The van der Waals surface area contributed by atoms with Gasteiger partial charge in [0.2, 0.25) is 0 Å². The maximum atomic E-state index is 12.6. The van der Waals surface area contributed by atoms with Crippen LogP contribution < -0.4 is 4.74 Å². The summed E-state index contributed by atoms with van der Waals surface area (Å²) in [7, 11) is 0. The second kappa shape index (κ2) is 8.54. The van der Waals surface area contributed by atoms with Crippen molar-refractivity contribution in [2.45, 2.75) is 13.0 Å². The molecule has 0 aliphatic rings. The fourth-order valence-corrected chi connectivity index (χ4v) is 3.31. The number of ketones is 1. The van der Waals surface area contributed by atoms with Crippen LogP contribution in [0.3, 0.4) is 0 Å². The zero-order valence-electron chi connectivity index (χ0n) is 13.8. The Bertz CT molecular complexity index is 901. The van der Waals surface area contributed by atoms with Crippen molar-refractivity contribution in [3.8, 4) is 5.75 Å². The Balaban J connectivity index is 1.79. The first-order valence-electron chi connectivity index (χ1n) is 8.00. The van der Waals surface area contributed by atoms with Gasteiger partial charge in [-0.3, -0.25) is 4.79 Å². The van der Waals surface area contributed by atoms with E-state index in [0.717, 1.165) is 28.0 Å². The van der Waals surface area contributed by atoms with Crippen molar-refractivity contribution < 1.29 is 18.3 Å². The van der Waals surface area contributed by atoms with Crippen molar-refractivity contribution in [1.82, 2.24) is 0 Å². The molecule has 5 heteroatoms. The van der Waals surface area contributed by atoms with E-state index >= 15 is 0 Å². The molecule has 0 bridgehead atoms. The Morgan fingerprint density at radius 3 is 2.50 bits per heavy atom. The van der Waals surface area contributed by atoms with E-state index in [1.165, 1.54) is 6.07 Å². The molecular weight excluding hydrogens is 354 g/mol. The Morgan fingerprint density at radius 1 is 1.00 bits per heavy atom. The summed E-state index contributed by atoms with van der Waals surface area (Å²) in [5.41, 5.74) is 2.80. The predicted molar refractivity (Wildman–Crippen MR) is 101 cm³/mol. The highest BCUT2D eigenvalue weighted by Crippen LogP contribution is 2.28. The Labute approximate surface area is 154 Å². The maximum Gasteiger partial charge on any atom is 0.387 e. The lowest BCUT2D eigenvalue weighted by molar-refractivity contribution is -0.0498. The third-order valence-electron chi connectivity index (χ3n) is 3.76. The Hall–Kier alpha value is -2.79. The summed E-state index contributed by atoms with van der Waals surface area (Å²) >= 11 is 1.11. The molecule has 1 heterocycles. The van der Waals surface area contributed by atoms with Gasteiger partial charge in [0.15, 0.2) is 5.78 Å². The van der Waals surface area contributed by atoms with Crippen LogP contribution in [0.2, 0.25) is 0 Å². The van der Waals surface area contributed by atoms with Crippen LogP contribution in [0.15, 0.2) is 66.0 Å². The van der Waals surface area contributed by atoms with Crippen LogP contribution in [-0.2, 0) is 6.42 Å². The van der Waals surface area contributed by atoms with Crippen molar-refractivity contribution in [2.24, 2.45) is 0 Å². The fraction of sp³-hybridized carbons (Fsp3) is 0.0952. The molecule has 0 amide bonds. The number of carbonyl (C=O) groups excluding carboxylic acids is 1. The molecule has 2 aromatic carbocycles. The molecule has 0 radical (unpaired) electrons. The smallest absolute Gasteiger partial charge is 0.387 e. The fourth-order valence-electron chi connectivity index (χ4n) is 2.55. The lowest BCUT2D eigenvalue weighted by atomic mass is 10.0. The van der Waals surface area contributed by atoms with Crippen molar-refractivity contribution in [3.63, 3.8) is 0 Å². The number of ether oxygens (including phenoxy) is 1.